The van der Waals surface area contributed by atoms with E-state index in [1.54, 1.807) is 15.8 Å². The van der Waals surface area contributed by atoms with Crippen LogP contribution in [-0.4, -0.2) is 50.3 Å². The fourth-order valence-electron chi connectivity index (χ4n) is 4.12. The van der Waals surface area contributed by atoms with Gasteiger partial charge in [0.1, 0.15) is 5.82 Å². The highest BCUT2D eigenvalue weighted by Gasteiger charge is 2.30. The number of carbonyl (C=O) groups excluding carboxylic acids is 2. The van der Waals surface area contributed by atoms with Crippen molar-refractivity contribution in [2.75, 3.05) is 6.54 Å². The standard InChI is InChI=1S/C20H23ClFN5O2/c21-16-10-13(7-8-17(16)22)20(29)27-9-3-6-15(27)11-26-12-18(24-25-26)19(28)23-14-4-1-2-5-14/h7-8,10,12,14-15H,1-6,9,11H2,(H,23,28)/t15-/m0/s1. The third-order valence-corrected chi connectivity index (χ3v) is 5.95. The van der Waals surface area contributed by atoms with E-state index in [2.05, 4.69) is 15.6 Å². The minimum absolute atomic E-state index is 0.0687. The molecule has 2 amide bonds. The molecule has 2 aromatic rings. The number of nitrogens with zero attached hydrogens (tertiary/aromatic N) is 4. The Kier molecular flexibility index (Phi) is 5.80. The lowest BCUT2D eigenvalue weighted by Gasteiger charge is -2.24. The van der Waals surface area contributed by atoms with Gasteiger partial charge in [-0.15, -0.1) is 5.10 Å². The molecule has 0 bridgehead atoms. The zero-order valence-corrected chi connectivity index (χ0v) is 16.7. The minimum Gasteiger partial charge on any atom is -0.348 e. The Morgan fingerprint density at radius 3 is 2.76 bits per heavy atom. The molecule has 1 N–H and O–H groups in total. The molecule has 1 aromatic heterocycles. The lowest BCUT2D eigenvalue weighted by Crippen LogP contribution is -2.38. The summed E-state index contributed by atoms with van der Waals surface area (Å²) in [5.74, 6) is -0.940. The molecular weight excluding hydrogens is 397 g/mol. The van der Waals surface area contributed by atoms with E-state index in [0.29, 0.717) is 18.7 Å². The van der Waals surface area contributed by atoms with Gasteiger partial charge < -0.3 is 10.2 Å². The summed E-state index contributed by atoms with van der Waals surface area (Å²) in [6.07, 6.45) is 7.61. The summed E-state index contributed by atoms with van der Waals surface area (Å²) in [6, 6.07) is 4.15. The second kappa shape index (κ2) is 8.49. The van der Waals surface area contributed by atoms with Crippen molar-refractivity contribution >= 4 is 23.4 Å². The van der Waals surface area contributed by atoms with Crippen molar-refractivity contribution in [1.82, 2.24) is 25.2 Å². The number of hydrogen-bond acceptors (Lipinski definition) is 4. The van der Waals surface area contributed by atoms with Crippen molar-refractivity contribution in [3.8, 4) is 0 Å². The Morgan fingerprint density at radius 2 is 2.00 bits per heavy atom. The van der Waals surface area contributed by atoms with E-state index in [4.69, 9.17) is 11.6 Å². The Bertz CT molecular complexity index is 912. The van der Waals surface area contributed by atoms with Crippen molar-refractivity contribution in [3.63, 3.8) is 0 Å². The fraction of sp³-hybridized carbons (Fsp3) is 0.500. The molecule has 1 saturated carbocycles. The molecule has 154 valence electrons. The molecule has 29 heavy (non-hydrogen) atoms. The molecule has 1 atom stereocenters. The van der Waals surface area contributed by atoms with Gasteiger partial charge in [0.25, 0.3) is 11.8 Å². The largest absolute Gasteiger partial charge is 0.348 e. The molecule has 9 heteroatoms. The van der Waals surface area contributed by atoms with E-state index in [1.165, 1.54) is 18.2 Å². The molecule has 2 fully saturated rings. The van der Waals surface area contributed by atoms with Gasteiger partial charge in [0.2, 0.25) is 0 Å². The van der Waals surface area contributed by atoms with E-state index in [9.17, 15) is 14.0 Å². The van der Waals surface area contributed by atoms with Crippen LogP contribution in [0.15, 0.2) is 24.4 Å². The first-order valence-electron chi connectivity index (χ1n) is 9.98. The van der Waals surface area contributed by atoms with Crippen LogP contribution in [0.5, 0.6) is 0 Å². The van der Waals surface area contributed by atoms with Gasteiger partial charge in [-0.3, -0.25) is 9.59 Å². The van der Waals surface area contributed by atoms with Crippen LogP contribution in [0.3, 0.4) is 0 Å². The summed E-state index contributed by atoms with van der Waals surface area (Å²) in [7, 11) is 0. The van der Waals surface area contributed by atoms with Crippen LogP contribution in [-0.2, 0) is 6.54 Å². The Balaban J connectivity index is 1.40. The molecule has 7 nitrogen and oxygen atoms in total. The number of amides is 2. The predicted molar refractivity (Wildman–Crippen MR) is 105 cm³/mol. The summed E-state index contributed by atoms with van der Waals surface area (Å²) in [6.45, 7) is 1.06. The molecule has 2 aliphatic rings. The number of benzene rings is 1. The van der Waals surface area contributed by atoms with Crippen molar-refractivity contribution < 1.29 is 14.0 Å². The number of nitrogens with one attached hydrogen (secondary N) is 1. The number of rotatable bonds is 5. The quantitative estimate of drug-likeness (QED) is 0.807. The van der Waals surface area contributed by atoms with E-state index in [1.807, 2.05) is 0 Å². The maximum absolute atomic E-state index is 13.4. The van der Waals surface area contributed by atoms with Gasteiger partial charge in [0.15, 0.2) is 5.69 Å². The van der Waals surface area contributed by atoms with Gasteiger partial charge in [-0.1, -0.05) is 29.7 Å². The molecule has 1 aliphatic carbocycles. The van der Waals surface area contributed by atoms with Crippen molar-refractivity contribution in [2.45, 2.75) is 57.2 Å². The van der Waals surface area contributed by atoms with E-state index >= 15 is 0 Å². The molecular formula is C20H23ClFN5O2. The molecule has 4 rings (SSSR count). The maximum Gasteiger partial charge on any atom is 0.273 e. The van der Waals surface area contributed by atoms with Gasteiger partial charge in [-0.2, -0.15) is 0 Å². The second-order valence-corrected chi connectivity index (χ2v) is 8.11. The Hall–Kier alpha value is -2.48. The second-order valence-electron chi connectivity index (χ2n) is 7.70. The zero-order valence-electron chi connectivity index (χ0n) is 16.0. The van der Waals surface area contributed by atoms with Gasteiger partial charge >= 0.3 is 0 Å². The average molecular weight is 420 g/mol. The summed E-state index contributed by atoms with van der Waals surface area (Å²) in [4.78, 5) is 26.9. The first-order chi connectivity index (χ1) is 14.0. The number of aromatic nitrogens is 3. The van der Waals surface area contributed by atoms with Crippen LogP contribution in [0, 0.1) is 5.82 Å². The van der Waals surface area contributed by atoms with Gasteiger partial charge in [-0.25, -0.2) is 9.07 Å². The third-order valence-electron chi connectivity index (χ3n) is 5.66. The first kappa shape index (κ1) is 19.8. The van der Waals surface area contributed by atoms with Gasteiger partial charge in [0.05, 0.1) is 23.8 Å². The topological polar surface area (TPSA) is 80.1 Å². The normalized spacial score (nSPS) is 19.7. The summed E-state index contributed by atoms with van der Waals surface area (Å²) < 4.78 is 15.0. The Labute approximate surface area is 173 Å². The Morgan fingerprint density at radius 1 is 1.21 bits per heavy atom. The molecule has 0 unspecified atom stereocenters. The van der Waals surface area contributed by atoms with Crippen LogP contribution in [0.2, 0.25) is 5.02 Å². The molecule has 0 radical (unpaired) electrons. The van der Waals surface area contributed by atoms with Gasteiger partial charge in [0, 0.05) is 18.2 Å². The third kappa shape index (κ3) is 4.42. The maximum atomic E-state index is 13.4. The molecule has 2 heterocycles. The van der Waals surface area contributed by atoms with E-state index < -0.39 is 5.82 Å². The van der Waals surface area contributed by atoms with Crippen LogP contribution in [0.1, 0.15) is 59.4 Å². The SMILES string of the molecule is O=C(NC1CCCC1)c1cn(C[C@@H]2CCCN2C(=O)c2ccc(F)c(Cl)c2)nn1. The highest BCUT2D eigenvalue weighted by Crippen LogP contribution is 2.24. The summed E-state index contributed by atoms with van der Waals surface area (Å²) in [5.41, 5.74) is 0.650. The lowest BCUT2D eigenvalue weighted by atomic mass is 10.1. The van der Waals surface area contributed by atoms with Crippen LogP contribution < -0.4 is 5.32 Å². The highest BCUT2D eigenvalue weighted by atomic mass is 35.5. The highest BCUT2D eigenvalue weighted by molar-refractivity contribution is 6.31. The molecule has 1 aliphatic heterocycles. The molecule has 0 spiro atoms. The number of carbonyl (C=O) groups is 2. The number of hydrogen-bond donors (Lipinski definition) is 1. The van der Waals surface area contributed by atoms with Crippen molar-refractivity contribution in [1.29, 1.82) is 0 Å². The lowest BCUT2D eigenvalue weighted by molar-refractivity contribution is 0.0720. The van der Waals surface area contributed by atoms with Crippen LogP contribution in [0.25, 0.3) is 0 Å². The summed E-state index contributed by atoms with van der Waals surface area (Å²) in [5, 5.41) is 11.0. The molecule has 1 saturated heterocycles. The van der Waals surface area contributed by atoms with Crippen LogP contribution >= 0.6 is 11.6 Å². The van der Waals surface area contributed by atoms with Crippen molar-refractivity contribution in [2.24, 2.45) is 0 Å². The predicted octanol–water partition coefficient (Wildman–Crippen LogP) is 3.05. The summed E-state index contributed by atoms with van der Waals surface area (Å²) >= 11 is 5.82. The van der Waals surface area contributed by atoms with Crippen LogP contribution in [0.4, 0.5) is 4.39 Å². The van der Waals surface area contributed by atoms with E-state index in [-0.39, 0.29) is 34.6 Å². The first-order valence-corrected chi connectivity index (χ1v) is 10.4. The zero-order chi connectivity index (χ0) is 20.4. The monoisotopic (exact) mass is 419 g/mol. The smallest absolute Gasteiger partial charge is 0.273 e. The van der Waals surface area contributed by atoms with Gasteiger partial charge in [-0.05, 0) is 43.9 Å². The van der Waals surface area contributed by atoms with Crippen molar-refractivity contribution in [3.05, 3.63) is 46.5 Å². The minimum atomic E-state index is -0.549. The fourth-order valence-corrected chi connectivity index (χ4v) is 4.31. The average Bonchev–Trinajstić information content (AvgIpc) is 3.46. The number of halogens is 2. The number of likely N-dealkylation sites (tertiary alicyclic amines) is 1. The van der Waals surface area contributed by atoms with E-state index in [0.717, 1.165) is 38.5 Å². The molecule has 1 aromatic carbocycles.